The van der Waals surface area contributed by atoms with Crippen molar-refractivity contribution in [1.82, 2.24) is 10.2 Å². The first kappa shape index (κ1) is 17.0. The number of aryl methyl sites for hydroxylation is 1. The van der Waals surface area contributed by atoms with Gasteiger partial charge in [0.2, 0.25) is 0 Å². The zero-order valence-electron chi connectivity index (χ0n) is 14.0. The molecule has 0 amide bonds. The molecule has 0 spiro atoms. The summed E-state index contributed by atoms with van der Waals surface area (Å²) in [5.74, 6) is 0. The zero-order chi connectivity index (χ0) is 15.1. The number of rotatable bonds is 9. The maximum absolute atomic E-state index is 3.84. The van der Waals surface area contributed by atoms with Crippen LogP contribution in [0.25, 0.3) is 0 Å². The molecule has 1 atom stereocenters. The van der Waals surface area contributed by atoms with Crippen LogP contribution in [0.4, 0.5) is 0 Å². The summed E-state index contributed by atoms with van der Waals surface area (Å²) in [4.78, 5) is 4.27. The smallest absolute Gasteiger partial charge is 0.0362 e. The van der Waals surface area contributed by atoms with E-state index in [1.54, 1.807) is 0 Å². The summed E-state index contributed by atoms with van der Waals surface area (Å²) < 4.78 is 0. The lowest BCUT2D eigenvalue weighted by atomic mass is 9.83. The van der Waals surface area contributed by atoms with Gasteiger partial charge in [0.1, 0.15) is 0 Å². The van der Waals surface area contributed by atoms with Gasteiger partial charge in [-0.25, -0.2) is 0 Å². The fourth-order valence-electron chi connectivity index (χ4n) is 4.27. The highest BCUT2D eigenvalue weighted by Crippen LogP contribution is 2.39. The first-order valence-electron chi connectivity index (χ1n) is 8.77. The lowest BCUT2D eigenvalue weighted by Crippen LogP contribution is -2.60. The Balaban J connectivity index is 2.11. The van der Waals surface area contributed by atoms with E-state index < -0.39 is 0 Å². The van der Waals surface area contributed by atoms with E-state index in [2.05, 4.69) is 48.5 Å². The molecule has 0 aromatic carbocycles. The maximum Gasteiger partial charge on any atom is 0.0362 e. The normalized spacial score (nSPS) is 19.2. The highest BCUT2D eigenvalue weighted by Gasteiger charge is 2.44. The van der Waals surface area contributed by atoms with Crippen molar-refractivity contribution in [3.63, 3.8) is 0 Å². The number of nitrogens with zero attached hydrogens (tertiary/aromatic N) is 1. The molecule has 1 aliphatic carbocycles. The van der Waals surface area contributed by atoms with Gasteiger partial charge in [0, 0.05) is 16.5 Å². The van der Waals surface area contributed by atoms with Gasteiger partial charge >= 0.3 is 0 Å². The molecule has 1 aromatic heterocycles. The van der Waals surface area contributed by atoms with Crippen molar-refractivity contribution in [3.05, 3.63) is 22.4 Å². The molecule has 2 nitrogen and oxygen atoms in total. The maximum atomic E-state index is 3.84. The molecule has 0 radical (unpaired) electrons. The fourth-order valence-corrected chi connectivity index (χ4v) is 5.00. The van der Waals surface area contributed by atoms with Crippen LogP contribution in [0, 0.1) is 0 Å². The third kappa shape index (κ3) is 3.88. The van der Waals surface area contributed by atoms with Crippen LogP contribution >= 0.6 is 11.3 Å². The predicted octanol–water partition coefficient (Wildman–Crippen LogP) is 4.31. The molecule has 21 heavy (non-hydrogen) atoms. The first-order chi connectivity index (χ1) is 10.3. The highest BCUT2D eigenvalue weighted by atomic mass is 32.1. The van der Waals surface area contributed by atoms with Crippen molar-refractivity contribution in [2.24, 2.45) is 0 Å². The minimum Gasteiger partial charge on any atom is -0.312 e. The summed E-state index contributed by atoms with van der Waals surface area (Å²) in [6.45, 7) is 10.3. The summed E-state index contributed by atoms with van der Waals surface area (Å²) in [5.41, 5.74) is 0.400. The van der Waals surface area contributed by atoms with Gasteiger partial charge < -0.3 is 5.32 Å². The van der Waals surface area contributed by atoms with E-state index in [9.17, 15) is 0 Å². The van der Waals surface area contributed by atoms with E-state index in [-0.39, 0.29) is 0 Å². The molecule has 120 valence electrons. The summed E-state index contributed by atoms with van der Waals surface area (Å²) in [6.07, 6.45) is 8.03. The van der Waals surface area contributed by atoms with Crippen molar-refractivity contribution in [2.75, 3.05) is 19.6 Å². The lowest BCUT2D eigenvalue weighted by Gasteiger charge is -2.47. The van der Waals surface area contributed by atoms with Crippen LogP contribution in [0.3, 0.4) is 0 Å². The number of hydrogen-bond acceptors (Lipinski definition) is 3. The Labute approximate surface area is 134 Å². The van der Waals surface area contributed by atoms with Crippen LogP contribution in [-0.2, 0) is 6.42 Å². The summed E-state index contributed by atoms with van der Waals surface area (Å²) in [6, 6.07) is 5.09. The van der Waals surface area contributed by atoms with Gasteiger partial charge in [0.15, 0.2) is 0 Å². The van der Waals surface area contributed by atoms with Gasteiger partial charge in [0.05, 0.1) is 0 Å². The van der Waals surface area contributed by atoms with Crippen molar-refractivity contribution >= 4 is 11.3 Å². The van der Waals surface area contributed by atoms with E-state index in [1.165, 1.54) is 56.5 Å². The summed E-state index contributed by atoms with van der Waals surface area (Å²) in [7, 11) is 0. The summed E-state index contributed by atoms with van der Waals surface area (Å²) >= 11 is 1.90. The topological polar surface area (TPSA) is 15.3 Å². The third-order valence-electron chi connectivity index (χ3n) is 5.22. The Morgan fingerprint density at radius 1 is 1.24 bits per heavy atom. The van der Waals surface area contributed by atoms with Crippen LogP contribution in [0.1, 0.15) is 57.8 Å². The van der Waals surface area contributed by atoms with E-state index in [4.69, 9.17) is 0 Å². The van der Waals surface area contributed by atoms with Crippen LogP contribution in [0.5, 0.6) is 0 Å². The van der Waals surface area contributed by atoms with Gasteiger partial charge in [-0.15, -0.1) is 11.3 Å². The van der Waals surface area contributed by atoms with Crippen LogP contribution < -0.4 is 5.32 Å². The van der Waals surface area contributed by atoms with Gasteiger partial charge in [0.25, 0.3) is 0 Å². The first-order valence-corrected chi connectivity index (χ1v) is 9.65. The van der Waals surface area contributed by atoms with Crippen molar-refractivity contribution in [1.29, 1.82) is 0 Å². The number of thiophene rings is 1. The molecule has 0 aliphatic heterocycles. The molecule has 1 unspecified atom stereocenters. The average Bonchev–Trinajstić information content (AvgIpc) is 3.17. The molecule has 3 heteroatoms. The SMILES string of the molecule is CCNC(CCc1cccs1)C1(N(CC)CC)CCCC1. The third-order valence-corrected chi connectivity index (χ3v) is 6.16. The average molecular weight is 309 g/mol. The van der Waals surface area contributed by atoms with Gasteiger partial charge in [-0.05, 0) is 56.8 Å². The molecule has 0 bridgehead atoms. The van der Waals surface area contributed by atoms with Crippen molar-refractivity contribution in [2.45, 2.75) is 70.9 Å². The summed E-state index contributed by atoms with van der Waals surface area (Å²) in [5, 5.41) is 6.04. The predicted molar refractivity (Wildman–Crippen MR) is 94.2 cm³/mol. The minimum absolute atomic E-state index is 0.400. The molecule has 1 aliphatic rings. The molecule has 1 heterocycles. The zero-order valence-corrected chi connectivity index (χ0v) is 14.8. The van der Waals surface area contributed by atoms with Crippen molar-refractivity contribution < 1.29 is 0 Å². The Bertz CT molecular complexity index is 378. The second kappa shape index (κ2) is 8.30. The van der Waals surface area contributed by atoms with Crippen LogP contribution in [0.15, 0.2) is 17.5 Å². The molecule has 1 N–H and O–H groups in total. The van der Waals surface area contributed by atoms with Gasteiger partial charge in [-0.2, -0.15) is 0 Å². The Morgan fingerprint density at radius 2 is 1.95 bits per heavy atom. The molecular formula is C18H32N2S. The molecule has 1 saturated carbocycles. The standard InChI is InChI=1S/C18H32N2S/c1-4-19-17(12-11-16-10-9-15-21-16)18(13-7-8-14-18)20(5-2)6-3/h9-10,15,17,19H,4-8,11-14H2,1-3H3. The number of hydrogen-bond donors (Lipinski definition) is 1. The monoisotopic (exact) mass is 308 g/mol. The van der Waals surface area contributed by atoms with Gasteiger partial charge in [-0.1, -0.05) is 39.7 Å². The Hall–Kier alpha value is -0.380. The Morgan fingerprint density at radius 3 is 2.48 bits per heavy atom. The largest absolute Gasteiger partial charge is 0.312 e. The quantitative estimate of drug-likeness (QED) is 0.731. The van der Waals surface area contributed by atoms with Crippen LogP contribution in [0.2, 0.25) is 0 Å². The van der Waals surface area contributed by atoms with E-state index in [0.29, 0.717) is 11.6 Å². The molecule has 1 aromatic rings. The fraction of sp³-hybridized carbons (Fsp3) is 0.778. The lowest BCUT2D eigenvalue weighted by molar-refractivity contribution is 0.0604. The molecule has 0 saturated heterocycles. The number of nitrogens with one attached hydrogen (secondary N) is 1. The van der Waals surface area contributed by atoms with E-state index >= 15 is 0 Å². The second-order valence-corrected chi connectivity index (χ2v) is 7.24. The second-order valence-electron chi connectivity index (χ2n) is 6.21. The highest BCUT2D eigenvalue weighted by molar-refractivity contribution is 7.09. The van der Waals surface area contributed by atoms with E-state index in [1.807, 2.05) is 11.3 Å². The van der Waals surface area contributed by atoms with Crippen molar-refractivity contribution in [3.8, 4) is 0 Å². The molecular weight excluding hydrogens is 276 g/mol. The number of likely N-dealkylation sites (N-methyl/N-ethyl adjacent to an activating group) is 2. The molecule has 2 rings (SSSR count). The van der Waals surface area contributed by atoms with Gasteiger partial charge in [-0.3, -0.25) is 4.90 Å². The minimum atomic E-state index is 0.400. The Kier molecular flexibility index (Phi) is 6.72. The molecule has 1 fully saturated rings. The van der Waals surface area contributed by atoms with Crippen LogP contribution in [-0.4, -0.2) is 36.1 Å². The van der Waals surface area contributed by atoms with E-state index in [0.717, 1.165) is 6.54 Å².